The third-order valence-electron chi connectivity index (χ3n) is 6.52. The molecule has 0 saturated heterocycles. The van der Waals surface area contributed by atoms with Gasteiger partial charge in [0.1, 0.15) is 0 Å². The van der Waals surface area contributed by atoms with E-state index in [-0.39, 0.29) is 24.8 Å². The van der Waals surface area contributed by atoms with Crippen molar-refractivity contribution in [3.05, 3.63) is 65.7 Å². The number of carboxylic acid groups (broad SMARTS) is 1. The normalized spacial score (nSPS) is 11.7. The molecule has 6 nitrogen and oxygen atoms in total. The van der Waals surface area contributed by atoms with Crippen LogP contribution < -0.4 is 10.6 Å². The molecular weight excluding hydrogens is 524 g/mol. The van der Waals surface area contributed by atoms with E-state index in [1.54, 1.807) is 12.1 Å². The van der Waals surface area contributed by atoms with Gasteiger partial charge in [-0.3, -0.25) is 14.4 Å². The number of amides is 2. The molecule has 1 unspecified atom stereocenters. The maximum atomic E-state index is 13.1. The second kappa shape index (κ2) is 24.4. The van der Waals surface area contributed by atoms with Gasteiger partial charge in [0, 0.05) is 11.6 Å². The molecule has 0 spiro atoms. The highest BCUT2D eigenvalue weighted by Crippen LogP contribution is 2.24. The molecule has 0 radical (unpaired) electrons. The van der Waals surface area contributed by atoms with E-state index in [9.17, 15) is 19.5 Å². The van der Waals surface area contributed by atoms with E-state index < -0.39 is 17.8 Å². The minimum absolute atomic E-state index is 0.149. The van der Waals surface area contributed by atoms with Crippen LogP contribution in [0.1, 0.15) is 111 Å². The summed E-state index contributed by atoms with van der Waals surface area (Å²) in [6.45, 7) is 14.6. The third kappa shape index (κ3) is 19.1. The van der Waals surface area contributed by atoms with Crippen molar-refractivity contribution in [3.8, 4) is 0 Å². The summed E-state index contributed by atoms with van der Waals surface area (Å²) in [6, 6.07) is 17.5. The van der Waals surface area contributed by atoms with Gasteiger partial charge in [-0.1, -0.05) is 123 Å². The van der Waals surface area contributed by atoms with Gasteiger partial charge in [-0.2, -0.15) is 0 Å². The second-order valence-electron chi connectivity index (χ2n) is 11.3. The molecule has 2 atom stereocenters. The molecule has 236 valence electrons. The molecular formula is C36H58N2O4. The van der Waals surface area contributed by atoms with Crippen LogP contribution in [0.3, 0.4) is 0 Å². The fourth-order valence-electron chi connectivity index (χ4n) is 4.40. The Bertz CT molecular complexity index is 971. The smallest absolute Gasteiger partial charge is 0.306 e. The number of para-hydroxylation sites is 1. The maximum absolute atomic E-state index is 13.1. The zero-order chi connectivity index (χ0) is 31.8. The molecule has 2 amide bonds. The van der Waals surface area contributed by atoms with Crippen LogP contribution in [0.4, 0.5) is 5.69 Å². The number of aliphatic carboxylic acids is 1. The molecule has 2 rings (SSSR count). The van der Waals surface area contributed by atoms with Crippen LogP contribution in [0.2, 0.25) is 0 Å². The van der Waals surface area contributed by atoms with Gasteiger partial charge in [-0.05, 0) is 61.3 Å². The quantitative estimate of drug-likeness (QED) is 0.163. The molecule has 0 aliphatic rings. The number of nitrogens with one attached hydrogen (secondary N) is 2. The predicted octanol–water partition coefficient (Wildman–Crippen LogP) is 8.69. The number of aryl methyl sites for hydroxylation is 2. The Labute approximate surface area is 256 Å². The summed E-state index contributed by atoms with van der Waals surface area (Å²) in [5.74, 6) is -1.63. The predicted molar refractivity (Wildman–Crippen MR) is 177 cm³/mol. The van der Waals surface area contributed by atoms with Crippen molar-refractivity contribution in [2.45, 2.75) is 113 Å². The lowest BCUT2D eigenvalue weighted by atomic mass is 9.86. The number of carboxylic acids is 1. The summed E-state index contributed by atoms with van der Waals surface area (Å²) in [4.78, 5) is 37.4. The van der Waals surface area contributed by atoms with Crippen LogP contribution in [0, 0.1) is 17.8 Å². The van der Waals surface area contributed by atoms with Crippen molar-refractivity contribution in [1.82, 2.24) is 5.32 Å². The average molecular weight is 583 g/mol. The Morgan fingerprint density at radius 2 is 1.31 bits per heavy atom. The molecule has 0 heterocycles. The minimum atomic E-state index is -0.852. The van der Waals surface area contributed by atoms with E-state index >= 15 is 0 Å². The lowest BCUT2D eigenvalue weighted by molar-refractivity contribution is -0.143. The molecule has 0 aliphatic heterocycles. The van der Waals surface area contributed by atoms with Gasteiger partial charge in [0.15, 0.2) is 0 Å². The number of rotatable bonds is 17. The van der Waals surface area contributed by atoms with Crippen molar-refractivity contribution in [2.75, 3.05) is 11.9 Å². The largest absolute Gasteiger partial charge is 0.481 e. The number of benzene rings is 2. The van der Waals surface area contributed by atoms with Crippen molar-refractivity contribution in [2.24, 2.45) is 17.8 Å². The fourth-order valence-corrected chi connectivity index (χ4v) is 4.40. The van der Waals surface area contributed by atoms with Gasteiger partial charge in [-0.25, -0.2) is 0 Å². The first-order chi connectivity index (χ1) is 20.2. The molecule has 0 fully saturated rings. The molecule has 2 aromatic rings. The number of carbonyl (C=O) groups is 3. The summed E-state index contributed by atoms with van der Waals surface area (Å²) in [5.41, 5.74) is 3.08. The molecule has 6 heteroatoms. The van der Waals surface area contributed by atoms with Gasteiger partial charge in [0.05, 0.1) is 12.5 Å². The molecule has 2 aromatic carbocycles. The summed E-state index contributed by atoms with van der Waals surface area (Å²) < 4.78 is 0. The van der Waals surface area contributed by atoms with E-state index in [0.29, 0.717) is 24.9 Å². The Balaban J connectivity index is 0.00000257. The van der Waals surface area contributed by atoms with E-state index in [1.165, 1.54) is 5.56 Å². The van der Waals surface area contributed by atoms with E-state index in [4.69, 9.17) is 0 Å². The first-order valence-corrected chi connectivity index (χ1v) is 16.1. The van der Waals surface area contributed by atoms with Crippen LogP contribution in [0.5, 0.6) is 0 Å². The Kier molecular flexibility index (Phi) is 22.6. The lowest BCUT2D eigenvalue weighted by Crippen LogP contribution is -2.38. The average Bonchev–Trinajstić information content (AvgIpc) is 2.97. The number of carbonyl (C=O) groups excluding carboxylic acids is 2. The first-order valence-electron chi connectivity index (χ1n) is 16.1. The molecule has 3 N–H and O–H groups in total. The Morgan fingerprint density at radius 3 is 1.83 bits per heavy atom. The van der Waals surface area contributed by atoms with Crippen LogP contribution in [-0.2, 0) is 27.2 Å². The van der Waals surface area contributed by atoms with Crippen molar-refractivity contribution in [3.63, 3.8) is 0 Å². The fraction of sp³-hybridized carbons (Fsp3) is 0.583. The molecule has 0 saturated carbocycles. The van der Waals surface area contributed by atoms with Gasteiger partial charge in [0.2, 0.25) is 11.8 Å². The lowest BCUT2D eigenvalue weighted by Gasteiger charge is -2.21. The van der Waals surface area contributed by atoms with E-state index in [0.717, 1.165) is 50.0 Å². The van der Waals surface area contributed by atoms with Gasteiger partial charge < -0.3 is 15.7 Å². The molecule has 0 bridgehead atoms. The third-order valence-corrected chi connectivity index (χ3v) is 6.52. The second-order valence-corrected chi connectivity index (χ2v) is 11.3. The van der Waals surface area contributed by atoms with Crippen molar-refractivity contribution in [1.29, 1.82) is 0 Å². The summed E-state index contributed by atoms with van der Waals surface area (Å²) in [5, 5.41) is 15.3. The van der Waals surface area contributed by atoms with Crippen LogP contribution in [0.15, 0.2) is 54.6 Å². The van der Waals surface area contributed by atoms with Gasteiger partial charge in [0.25, 0.3) is 0 Å². The molecule has 0 aromatic heterocycles. The number of hydrogen-bond acceptors (Lipinski definition) is 3. The van der Waals surface area contributed by atoms with Crippen LogP contribution in [0.25, 0.3) is 0 Å². The highest BCUT2D eigenvalue weighted by Gasteiger charge is 2.27. The SMILES string of the molecule is CC.CC(C)C.CCCCCCC(C[C@@H](CCc1ccc(CCC)cc1)C(=O)NCC(=O)Nc1ccccc1)C(=O)O. The Hall–Kier alpha value is -3.15. The zero-order valence-electron chi connectivity index (χ0n) is 27.4. The van der Waals surface area contributed by atoms with E-state index in [1.807, 2.05) is 32.0 Å². The van der Waals surface area contributed by atoms with Gasteiger partial charge in [-0.15, -0.1) is 0 Å². The summed E-state index contributed by atoms with van der Waals surface area (Å²) >= 11 is 0. The van der Waals surface area contributed by atoms with Crippen molar-refractivity contribution >= 4 is 23.5 Å². The first kappa shape index (κ1) is 38.9. The van der Waals surface area contributed by atoms with Crippen molar-refractivity contribution < 1.29 is 19.5 Å². The standard InChI is InChI=1S/C30H42N2O4.C4H10.C2H6/c1-3-5-6-8-12-26(30(35)36)21-25(20-19-24-17-15-23(11-4-2)16-18-24)29(34)31-22-28(33)32-27-13-9-7-10-14-27;1-4(2)3;1-2/h7,9-10,13-18,25-26H,3-6,8,11-12,19-22H2,1-2H3,(H,31,34)(H,32,33)(H,35,36);4H,1-3H3;1-2H3/t25-,26?;;/m1../s1. The maximum Gasteiger partial charge on any atom is 0.306 e. The van der Waals surface area contributed by atoms with Gasteiger partial charge >= 0.3 is 5.97 Å². The van der Waals surface area contributed by atoms with Crippen LogP contribution >= 0.6 is 0 Å². The topological polar surface area (TPSA) is 95.5 Å². The monoisotopic (exact) mass is 582 g/mol. The Morgan fingerprint density at radius 1 is 0.738 bits per heavy atom. The highest BCUT2D eigenvalue weighted by molar-refractivity contribution is 5.94. The molecule has 0 aliphatic carbocycles. The molecule has 42 heavy (non-hydrogen) atoms. The number of hydrogen-bond donors (Lipinski definition) is 3. The number of unbranched alkanes of at least 4 members (excludes halogenated alkanes) is 3. The van der Waals surface area contributed by atoms with Crippen LogP contribution in [-0.4, -0.2) is 29.4 Å². The minimum Gasteiger partial charge on any atom is -0.481 e. The van der Waals surface area contributed by atoms with E-state index in [2.05, 4.69) is 69.5 Å². The summed E-state index contributed by atoms with van der Waals surface area (Å²) in [6.07, 6.45) is 8.22. The summed E-state index contributed by atoms with van der Waals surface area (Å²) in [7, 11) is 0. The zero-order valence-corrected chi connectivity index (χ0v) is 27.4. The highest BCUT2D eigenvalue weighted by atomic mass is 16.4. The number of anilines is 1.